The van der Waals surface area contributed by atoms with Crippen LogP contribution < -0.4 is 5.32 Å². The number of nitrogens with zero attached hydrogens (tertiary/aromatic N) is 4. The highest BCUT2D eigenvalue weighted by Crippen LogP contribution is 2.35. The van der Waals surface area contributed by atoms with Crippen molar-refractivity contribution in [1.29, 1.82) is 0 Å². The van der Waals surface area contributed by atoms with Crippen molar-refractivity contribution in [3.8, 4) is 0 Å². The fourth-order valence-electron chi connectivity index (χ4n) is 6.61. The van der Waals surface area contributed by atoms with Crippen LogP contribution in [0.1, 0.15) is 72.2 Å². The second-order valence-corrected chi connectivity index (χ2v) is 11.9. The number of hydrogen-bond acceptors (Lipinski definition) is 5. The molecule has 216 valence electrons. The highest BCUT2D eigenvalue weighted by Gasteiger charge is 2.43. The Labute approximate surface area is 243 Å². The molecule has 1 aromatic heterocycles. The second-order valence-electron chi connectivity index (χ2n) is 11.5. The Hall–Kier alpha value is -2.68. The van der Waals surface area contributed by atoms with Gasteiger partial charge in [-0.1, -0.05) is 41.9 Å². The maximum absolute atomic E-state index is 13.7. The maximum Gasteiger partial charge on any atom is 0.321 e. The van der Waals surface area contributed by atoms with Gasteiger partial charge in [0.25, 0.3) is 5.91 Å². The van der Waals surface area contributed by atoms with E-state index in [0.717, 1.165) is 63.9 Å². The first-order chi connectivity index (χ1) is 19.3. The van der Waals surface area contributed by atoms with E-state index in [1.165, 1.54) is 5.56 Å². The van der Waals surface area contributed by atoms with Crippen molar-refractivity contribution in [2.45, 2.75) is 77.1 Å². The summed E-state index contributed by atoms with van der Waals surface area (Å²) in [4.78, 5) is 37.4. The molecule has 3 atom stereocenters. The first-order valence-electron chi connectivity index (χ1n) is 14.7. The lowest BCUT2D eigenvalue weighted by Gasteiger charge is -2.41. The highest BCUT2D eigenvalue weighted by atomic mass is 35.5. The third-order valence-corrected chi connectivity index (χ3v) is 9.00. The van der Waals surface area contributed by atoms with E-state index in [0.29, 0.717) is 35.5 Å². The van der Waals surface area contributed by atoms with Crippen LogP contribution in [-0.4, -0.2) is 89.1 Å². The molecule has 4 heterocycles. The van der Waals surface area contributed by atoms with Crippen LogP contribution in [-0.2, 0) is 4.74 Å². The molecule has 8 nitrogen and oxygen atoms in total. The average molecular weight is 568 g/mol. The molecular formula is C31H42ClN5O3. The first-order valence-corrected chi connectivity index (χ1v) is 15.1. The molecule has 0 radical (unpaired) electrons. The predicted octanol–water partition coefficient (Wildman–Crippen LogP) is 4.98. The Balaban J connectivity index is 1.15. The normalized spacial score (nSPS) is 23.1. The molecule has 0 bridgehead atoms. The van der Waals surface area contributed by atoms with Crippen molar-refractivity contribution in [1.82, 2.24) is 25.0 Å². The monoisotopic (exact) mass is 567 g/mol. The molecule has 0 saturated carbocycles. The zero-order valence-electron chi connectivity index (χ0n) is 23.9. The SMILES string of the molecule is Cc1cc(Cl)nc(C)c1C(=O)NCCC(C)N1CCC(N2C(=O)N(CC3CCCO3)CC2c2ccccc2)CC1. The van der Waals surface area contributed by atoms with Crippen LogP contribution in [0.4, 0.5) is 4.79 Å². The van der Waals surface area contributed by atoms with E-state index in [1.807, 2.05) is 24.8 Å². The Kier molecular flexibility index (Phi) is 9.28. The molecule has 0 aliphatic carbocycles. The molecule has 3 saturated heterocycles. The van der Waals surface area contributed by atoms with E-state index in [4.69, 9.17) is 16.3 Å². The Morgan fingerprint density at radius 3 is 2.60 bits per heavy atom. The zero-order chi connectivity index (χ0) is 28.2. The minimum Gasteiger partial charge on any atom is -0.376 e. The lowest BCUT2D eigenvalue weighted by Crippen LogP contribution is -2.49. The number of likely N-dealkylation sites (tertiary alicyclic amines) is 1. The number of ether oxygens (including phenoxy) is 1. The molecule has 3 unspecified atom stereocenters. The van der Waals surface area contributed by atoms with Gasteiger partial charge < -0.3 is 24.8 Å². The number of carbonyl (C=O) groups excluding carboxylic acids is 2. The highest BCUT2D eigenvalue weighted by molar-refractivity contribution is 6.29. The first kappa shape index (κ1) is 28.8. The van der Waals surface area contributed by atoms with Gasteiger partial charge in [0, 0.05) is 51.4 Å². The topological polar surface area (TPSA) is 78.0 Å². The third kappa shape index (κ3) is 6.45. The molecule has 2 aromatic rings. The van der Waals surface area contributed by atoms with Crippen molar-refractivity contribution < 1.29 is 14.3 Å². The van der Waals surface area contributed by atoms with Crippen molar-refractivity contribution in [2.24, 2.45) is 0 Å². The second kappa shape index (κ2) is 12.9. The summed E-state index contributed by atoms with van der Waals surface area (Å²) in [6, 6.07) is 13.0. The lowest BCUT2D eigenvalue weighted by atomic mass is 9.98. The number of nitrogens with one attached hydrogen (secondary N) is 1. The van der Waals surface area contributed by atoms with E-state index in [1.54, 1.807) is 6.07 Å². The molecule has 5 rings (SSSR count). The number of amides is 3. The summed E-state index contributed by atoms with van der Waals surface area (Å²) in [5.74, 6) is -0.0999. The quantitative estimate of drug-likeness (QED) is 0.432. The summed E-state index contributed by atoms with van der Waals surface area (Å²) in [6.45, 7) is 10.6. The molecule has 3 fully saturated rings. The van der Waals surface area contributed by atoms with Crippen LogP contribution in [0.2, 0.25) is 5.15 Å². The number of aromatic nitrogens is 1. The number of urea groups is 1. The minimum absolute atomic E-state index is 0.0774. The van der Waals surface area contributed by atoms with E-state index in [-0.39, 0.29) is 30.1 Å². The van der Waals surface area contributed by atoms with Crippen LogP contribution in [0.3, 0.4) is 0 Å². The largest absolute Gasteiger partial charge is 0.376 e. The van der Waals surface area contributed by atoms with Gasteiger partial charge in [0.1, 0.15) is 5.15 Å². The van der Waals surface area contributed by atoms with Gasteiger partial charge in [0.05, 0.1) is 23.4 Å². The number of hydrogen-bond donors (Lipinski definition) is 1. The van der Waals surface area contributed by atoms with Gasteiger partial charge in [-0.25, -0.2) is 9.78 Å². The van der Waals surface area contributed by atoms with Crippen molar-refractivity contribution in [3.05, 3.63) is 63.9 Å². The summed E-state index contributed by atoms with van der Waals surface area (Å²) in [5, 5.41) is 3.48. The molecule has 9 heteroatoms. The van der Waals surface area contributed by atoms with Crippen molar-refractivity contribution in [2.75, 3.05) is 39.3 Å². The number of aryl methyl sites for hydroxylation is 2. The van der Waals surface area contributed by atoms with E-state index in [9.17, 15) is 9.59 Å². The Bertz CT molecular complexity index is 1160. The molecule has 3 amide bonds. The summed E-state index contributed by atoms with van der Waals surface area (Å²) in [5.41, 5.74) is 3.30. The Morgan fingerprint density at radius 2 is 1.93 bits per heavy atom. The number of carbonyl (C=O) groups is 2. The summed E-state index contributed by atoms with van der Waals surface area (Å²) < 4.78 is 5.86. The molecule has 1 aromatic carbocycles. The summed E-state index contributed by atoms with van der Waals surface area (Å²) >= 11 is 6.02. The molecule has 1 N–H and O–H groups in total. The maximum atomic E-state index is 13.7. The Morgan fingerprint density at radius 1 is 1.18 bits per heavy atom. The van der Waals surface area contributed by atoms with Crippen LogP contribution in [0, 0.1) is 13.8 Å². The number of pyridine rings is 1. The van der Waals surface area contributed by atoms with E-state index < -0.39 is 0 Å². The third-order valence-electron chi connectivity index (χ3n) is 8.81. The van der Waals surface area contributed by atoms with Gasteiger partial charge in [-0.2, -0.15) is 0 Å². The zero-order valence-corrected chi connectivity index (χ0v) is 24.7. The van der Waals surface area contributed by atoms with Gasteiger partial charge in [-0.15, -0.1) is 0 Å². The minimum atomic E-state index is -0.0999. The lowest BCUT2D eigenvalue weighted by molar-refractivity contribution is 0.0792. The molecule has 3 aliphatic rings. The fourth-order valence-corrected chi connectivity index (χ4v) is 6.90. The van der Waals surface area contributed by atoms with Crippen LogP contribution in [0.25, 0.3) is 0 Å². The van der Waals surface area contributed by atoms with Gasteiger partial charge in [-0.3, -0.25) is 4.79 Å². The van der Waals surface area contributed by atoms with Crippen LogP contribution in [0.15, 0.2) is 36.4 Å². The summed E-state index contributed by atoms with van der Waals surface area (Å²) in [7, 11) is 0. The smallest absolute Gasteiger partial charge is 0.321 e. The molecule has 0 spiro atoms. The molecule has 3 aliphatic heterocycles. The van der Waals surface area contributed by atoms with Gasteiger partial charge in [-0.05, 0) is 70.1 Å². The summed E-state index contributed by atoms with van der Waals surface area (Å²) in [6.07, 6.45) is 5.04. The molecule has 40 heavy (non-hydrogen) atoms. The van der Waals surface area contributed by atoms with Gasteiger partial charge in [0.2, 0.25) is 0 Å². The number of benzene rings is 1. The van der Waals surface area contributed by atoms with E-state index >= 15 is 0 Å². The van der Waals surface area contributed by atoms with Crippen molar-refractivity contribution >= 4 is 23.5 Å². The van der Waals surface area contributed by atoms with Crippen molar-refractivity contribution in [3.63, 3.8) is 0 Å². The van der Waals surface area contributed by atoms with Crippen LogP contribution in [0.5, 0.6) is 0 Å². The van der Waals surface area contributed by atoms with Crippen LogP contribution >= 0.6 is 11.6 Å². The number of piperidine rings is 1. The van der Waals surface area contributed by atoms with Gasteiger partial charge >= 0.3 is 6.03 Å². The fraction of sp³-hybridized carbons (Fsp3) is 0.581. The van der Waals surface area contributed by atoms with Gasteiger partial charge in [0.15, 0.2) is 0 Å². The van der Waals surface area contributed by atoms with E-state index in [2.05, 4.69) is 51.3 Å². The molecular weight excluding hydrogens is 526 g/mol. The predicted molar refractivity (Wildman–Crippen MR) is 157 cm³/mol. The number of halogens is 1. The number of rotatable bonds is 9. The standard InChI is InChI=1S/C31H42ClN5O3/c1-21-18-28(32)34-23(3)29(21)30(38)33-14-11-22(2)35-15-12-25(13-16-35)37-27(24-8-5-4-6-9-24)20-36(31(37)39)19-26-10-7-17-40-26/h4-6,8-9,18,22,25-27H,7,10-17,19-20H2,1-3H3,(H,33,38). The average Bonchev–Trinajstić information content (AvgIpc) is 3.56.